The van der Waals surface area contributed by atoms with E-state index in [1.165, 1.54) is 0 Å². The lowest BCUT2D eigenvalue weighted by molar-refractivity contribution is 0.0529. The summed E-state index contributed by atoms with van der Waals surface area (Å²) in [6.45, 7) is 3.90. The van der Waals surface area contributed by atoms with Crippen molar-refractivity contribution in [1.82, 2.24) is 0 Å². The number of cyclic esters (lactones) is 1. The number of fused-ring (bicyclic) bond motifs is 1. The third kappa shape index (κ3) is 1.18. The molecule has 0 spiro atoms. The van der Waals surface area contributed by atoms with Gasteiger partial charge in [0, 0.05) is 5.56 Å². The molecule has 0 aromatic heterocycles. The van der Waals surface area contributed by atoms with Gasteiger partial charge in [-0.15, -0.1) is 0 Å². The summed E-state index contributed by atoms with van der Waals surface area (Å²) < 4.78 is 5.07. The molecule has 1 aliphatic rings. The molecule has 3 heteroatoms. The van der Waals surface area contributed by atoms with Crippen molar-refractivity contribution in [2.75, 3.05) is 0 Å². The number of ether oxygens (including phenoxy) is 1. The fourth-order valence-corrected chi connectivity index (χ4v) is 2.37. The highest BCUT2D eigenvalue weighted by Gasteiger charge is 2.31. The van der Waals surface area contributed by atoms with Crippen molar-refractivity contribution in [2.24, 2.45) is 0 Å². The van der Waals surface area contributed by atoms with Gasteiger partial charge >= 0.3 is 5.97 Å². The van der Waals surface area contributed by atoms with Crippen LogP contribution >= 0.6 is 15.9 Å². The van der Waals surface area contributed by atoms with Crippen molar-refractivity contribution < 1.29 is 9.53 Å². The largest absolute Gasteiger partial charge is 0.442 e. The van der Waals surface area contributed by atoms with E-state index in [0.29, 0.717) is 0 Å². The van der Waals surface area contributed by atoms with Crippen LogP contribution < -0.4 is 0 Å². The Morgan fingerprint density at radius 1 is 1.31 bits per heavy atom. The third-order valence-corrected chi connectivity index (χ3v) is 2.96. The maximum atomic E-state index is 11.4. The Bertz CT molecular complexity index is 385. The molecule has 13 heavy (non-hydrogen) atoms. The van der Waals surface area contributed by atoms with E-state index >= 15 is 0 Å². The maximum Gasteiger partial charge on any atom is 0.340 e. The molecule has 1 atom stereocenters. The molecule has 0 aliphatic carbocycles. The van der Waals surface area contributed by atoms with E-state index in [9.17, 15) is 4.79 Å². The van der Waals surface area contributed by atoms with Crippen molar-refractivity contribution in [3.8, 4) is 0 Å². The number of rotatable bonds is 0. The summed E-state index contributed by atoms with van der Waals surface area (Å²) in [6, 6.07) is 3.95. The molecule has 0 amide bonds. The molecule has 0 fully saturated rings. The predicted octanol–water partition coefficient (Wildman–Crippen LogP) is 2.87. The highest BCUT2D eigenvalue weighted by atomic mass is 79.9. The summed E-state index contributed by atoms with van der Waals surface area (Å²) in [5, 5.41) is -0.269. The quantitative estimate of drug-likeness (QED) is 0.515. The monoisotopic (exact) mass is 240 g/mol. The number of halogens is 1. The Labute approximate surface area is 85.0 Å². The molecule has 0 radical (unpaired) electrons. The molecule has 1 aromatic rings. The van der Waals surface area contributed by atoms with Gasteiger partial charge in [0.05, 0.1) is 5.56 Å². The molecular formula is C10H9BrO2. The highest BCUT2D eigenvalue weighted by Crippen LogP contribution is 2.38. The van der Waals surface area contributed by atoms with Gasteiger partial charge in [-0.1, -0.05) is 12.1 Å². The van der Waals surface area contributed by atoms with Crippen molar-refractivity contribution in [3.63, 3.8) is 0 Å². The molecule has 0 N–H and O–H groups in total. The summed E-state index contributed by atoms with van der Waals surface area (Å²) in [7, 11) is 0. The minimum Gasteiger partial charge on any atom is -0.442 e. The van der Waals surface area contributed by atoms with Crippen LogP contribution in [0.15, 0.2) is 12.1 Å². The first kappa shape index (κ1) is 8.75. The Kier molecular flexibility index (Phi) is 1.91. The number of carbonyl (C=O) groups excluding carboxylic acids is 1. The van der Waals surface area contributed by atoms with E-state index in [2.05, 4.69) is 15.9 Å². The van der Waals surface area contributed by atoms with Crippen LogP contribution in [0.25, 0.3) is 0 Å². The molecule has 2 nitrogen and oxygen atoms in total. The second kappa shape index (κ2) is 2.84. The van der Waals surface area contributed by atoms with Crippen LogP contribution in [0.1, 0.15) is 32.1 Å². The first-order valence-electron chi connectivity index (χ1n) is 4.06. The van der Waals surface area contributed by atoms with E-state index in [4.69, 9.17) is 4.74 Å². The average Bonchev–Trinajstić information content (AvgIpc) is 2.36. The Hall–Kier alpha value is -0.830. The van der Waals surface area contributed by atoms with E-state index < -0.39 is 0 Å². The van der Waals surface area contributed by atoms with Crippen molar-refractivity contribution in [1.29, 1.82) is 0 Å². The van der Waals surface area contributed by atoms with Crippen LogP contribution in [-0.4, -0.2) is 5.97 Å². The van der Waals surface area contributed by atoms with Crippen molar-refractivity contribution in [2.45, 2.75) is 18.9 Å². The number of aryl methyl sites for hydroxylation is 2. The zero-order valence-electron chi connectivity index (χ0n) is 7.43. The summed E-state index contributed by atoms with van der Waals surface area (Å²) in [5.41, 5.74) is 3.77. The van der Waals surface area contributed by atoms with E-state index in [0.717, 1.165) is 22.3 Å². The van der Waals surface area contributed by atoms with Gasteiger partial charge in [-0.2, -0.15) is 0 Å². The second-order valence-corrected chi connectivity index (χ2v) is 4.04. The Morgan fingerprint density at radius 2 is 1.92 bits per heavy atom. The van der Waals surface area contributed by atoms with Gasteiger partial charge in [-0.25, -0.2) is 4.79 Å². The number of esters is 1. The summed E-state index contributed by atoms with van der Waals surface area (Å²) >= 11 is 3.32. The summed E-state index contributed by atoms with van der Waals surface area (Å²) in [5.74, 6) is -0.224. The minimum absolute atomic E-state index is 0.224. The first-order chi connectivity index (χ1) is 6.11. The fourth-order valence-electron chi connectivity index (χ4n) is 1.61. The summed E-state index contributed by atoms with van der Waals surface area (Å²) in [4.78, 5) is 11.4. The van der Waals surface area contributed by atoms with E-state index in [1.54, 1.807) is 0 Å². The van der Waals surface area contributed by atoms with Crippen molar-refractivity contribution in [3.05, 3.63) is 34.4 Å². The summed E-state index contributed by atoms with van der Waals surface area (Å²) in [6.07, 6.45) is 0. The van der Waals surface area contributed by atoms with Gasteiger partial charge in [-0.05, 0) is 40.9 Å². The standard InChI is InChI=1S/C10H9BrO2/c1-5-3-4-6(2)8-7(5)9(11)13-10(8)12/h3-4,9H,1-2H3. The molecule has 68 valence electrons. The Balaban J connectivity index is 2.74. The molecule has 1 heterocycles. The normalized spacial score (nSPS) is 19.9. The fraction of sp³-hybridized carbons (Fsp3) is 0.300. The topological polar surface area (TPSA) is 26.3 Å². The van der Waals surface area contributed by atoms with E-state index in [1.807, 2.05) is 26.0 Å². The number of benzene rings is 1. The number of carbonyl (C=O) groups is 1. The lowest BCUT2D eigenvalue weighted by Crippen LogP contribution is -1.97. The first-order valence-corrected chi connectivity index (χ1v) is 4.98. The minimum atomic E-state index is -0.269. The van der Waals surface area contributed by atoms with Gasteiger partial charge < -0.3 is 4.74 Å². The van der Waals surface area contributed by atoms with Crippen LogP contribution in [0.5, 0.6) is 0 Å². The zero-order valence-corrected chi connectivity index (χ0v) is 9.01. The average molecular weight is 241 g/mol. The molecule has 0 saturated carbocycles. The molecule has 0 saturated heterocycles. The van der Waals surface area contributed by atoms with Crippen LogP contribution in [0.3, 0.4) is 0 Å². The zero-order chi connectivity index (χ0) is 9.59. The van der Waals surface area contributed by atoms with Crippen LogP contribution in [0, 0.1) is 13.8 Å². The van der Waals surface area contributed by atoms with Gasteiger partial charge in [0.15, 0.2) is 5.01 Å². The molecule has 1 unspecified atom stereocenters. The molecule has 1 aromatic carbocycles. The molecule has 2 rings (SSSR count). The Morgan fingerprint density at radius 3 is 2.54 bits per heavy atom. The van der Waals surface area contributed by atoms with Crippen LogP contribution in [-0.2, 0) is 4.74 Å². The highest BCUT2D eigenvalue weighted by molar-refractivity contribution is 9.09. The SMILES string of the molecule is Cc1ccc(C)c2c1C(=O)OC2Br. The number of alkyl halides is 1. The third-order valence-electron chi connectivity index (χ3n) is 2.31. The maximum absolute atomic E-state index is 11.4. The van der Waals surface area contributed by atoms with Crippen molar-refractivity contribution >= 4 is 21.9 Å². The van der Waals surface area contributed by atoms with Crippen LogP contribution in [0.4, 0.5) is 0 Å². The second-order valence-electron chi connectivity index (χ2n) is 3.21. The number of hydrogen-bond donors (Lipinski definition) is 0. The van der Waals surface area contributed by atoms with Gasteiger partial charge in [0.25, 0.3) is 0 Å². The number of hydrogen-bond acceptors (Lipinski definition) is 2. The van der Waals surface area contributed by atoms with Gasteiger partial charge in [0.1, 0.15) is 0 Å². The predicted molar refractivity (Wildman–Crippen MR) is 53.0 cm³/mol. The van der Waals surface area contributed by atoms with Gasteiger partial charge in [-0.3, -0.25) is 0 Å². The molecular weight excluding hydrogens is 232 g/mol. The molecule has 0 bridgehead atoms. The molecule has 1 aliphatic heterocycles. The lowest BCUT2D eigenvalue weighted by Gasteiger charge is -2.05. The van der Waals surface area contributed by atoms with Gasteiger partial charge in [0.2, 0.25) is 0 Å². The van der Waals surface area contributed by atoms with Crippen LogP contribution in [0.2, 0.25) is 0 Å². The van der Waals surface area contributed by atoms with E-state index in [-0.39, 0.29) is 11.0 Å². The smallest absolute Gasteiger partial charge is 0.340 e. The lowest BCUT2D eigenvalue weighted by atomic mass is 10.00.